The maximum Gasteiger partial charge on any atom is 0.490 e. The van der Waals surface area contributed by atoms with Crippen LogP contribution in [-0.4, -0.2) is 40.0 Å². The summed E-state index contributed by atoms with van der Waals surface area (Å²) in [5.41, 5.74) is 5.21. The molecule has 0 spiro atoms. The molecule has 3 rings (SSSR count). The molecule has 13 heteroatoms. The van der Waals surface area contributed by atoms with Gasteiger partial charge in [0.15, 0.2) is 0 Å². The van der Waals surface area contributed by atoms with Crippen LogP contribution in [-0.2, 0) is 11.3 Å². The number of alkyl halides is 3. The largest absolute Gasteiger partial charge is 0.490 e. The molecule has 0 atom stereocenters. The molecule has 166 valence electrons. The van der Waals surface area contributed by atoms with Gasteiger partial charge in [0.2, 0.25) is 0 Å². The van der Waals surface area contributed by atoms with Gasteiger partial charge in [0, 0.05) is 29.8 Å². The van der Waals surface area contributed by atoms with E-state index in [9.17, 15) is 31.1 Å². The van der Waals surface area contributed by atoms with E-state index in [1.54, 1.807) is 7.05 Å². The Morgan fingerprint density at radius 2 is 1.74 bits per heavy atom. The number of nitrogens with two attached hydrogens (primary N) is 1. The zero-order valence-corrected chi connectivity index (χ0v) is 15.6. The molecular weight excluding hydrogens is 434 g/mol. The smallest absolute Gasteiger partial charge is 0.475 e. The average Bonchev–Trinajstić information content (AvgIpc) is 3.07. The predicted octanol–water partition coefficient (Wildman–Crippen LogP) is 2.89. The number of nitrogens with one attached hydrogen (secondary N) is 1. The van der Waals surface area contributed by atoms with Crippen LogP contribution in [0.3, 0.4) is 0 Å². The van der Waals surface area contributed by atoms with Gasteiger partial charge in [-0.3, -0.25) is 4.79 Å². The van der Waals surface area contributed by atoms with Crippen LogP contribution in [0.2, 0.25) is 0 Å². The minimum atomic E-state index is -5.08. The number of nitrogens with zero attached hydrogens (tertiary/aromatic N) is 2. The Hall–Kier alpha value is -3.61. The molecule has 0 unspecified atom stereocenters. The lowest BCUT2D eigenvalue weighted by Crippen LogP contribution is -2.21. The summed E-state index contributed by atoms with van der Waals surface area (Å²) < 4.78 is 74.7. The van der Waals surface area contributed by atoms with Gasteiger partial charge in [-0.2, -0.15) is 18.3 Å². The Balaban J connectivity index is 0.000000423. The van der Waals surface area contributed by atoms with Crippen LogP contribution in [0.1, 0.15) is 15.9 Å². The van der Waals surface area contributed by atoms with E-state index in [-0.39, 0.29) is 34.3 Å². The van der Waals surface area contributed by atoms with Crippen molar-refractivity contribution in [1.29, 1.82) is 0 Å². The van der Waals surface area contributed by atoms with Crippen molar-refractivity contribution in [3.05, 3.63) is 59.0 Å². The summed E-state index contributed by atoms with van der Waals surface area (Å²) in [6.07, 6.45) is -3.78. The molecule has 31 heavy (non-hydrogen) atoms. The van der Waals surface area contributed by atoms with Crippen LogP contribution in [0.15, 0.2) is 30.5 Å². The van der Waals surface area contributed by atoms with E-state index in [1.807, 2.05) is 0 Å². The highest BCUT2D eigenvalue weighted by atomic mass is 19.4. The van der Waals surface area contributed by atoms with Crippen LogP contribution in [0, 0.1) is 17.5 Å². The van der Waals surface area contributed by atoms with Gasteiger partial charge in [0.1, 0.15) is 28.7 Å². The first-order chi connectivity index (χ1) is 14.3. The summed E-state index contributed by atoms with van der Waals surface area (Å²) in [5.74, 6) is -5.60. The Kier molecular flexibility index (Phi) is 6.90. The molecule has 1 amide bonds. The van der Waals surface area contributed by atoms with Crippen LogP contribution < -0.4 is 11.1 Å². The van der Waals surface area contributed by atoms with Crippen molar-refractivity contribution < 1.29 is 41.0 Å². The van der Waals surface area contributed by atoms with Gasteiger partial charge >= 0.3 is 12.1 Å². The number of carbonyl (C=O) groups is 2. The topological polar surface area (TPSA) is 110 Å². The van der Waals surface area contributed by atoms with Gasteiger partial charge in [0.25, 0.3) is 5.91 Å². The first-order valence-corrected chi connectivity index (χ1v) is 8.27. The summed E-state index contributed by atoms with van der Waals surface area (Å²) >= 11 is 0. The summed E-state index contributed by atoms with van der Waals surface area (Å²) in [4.78, 5) is 20.3. The second-order valence-corrected chi connectivity index (χ2v) is 6.06. The fourth-order valence-corrected chi connectivity index (χ4v) is 2.49. The molecular formula is C18H14F6N4O3. The lowest BCUT2D eigenvalue weighted by Gasteiger charge is -2.07. The minimum absolute atomic E-state index is 0.114. The number of primary amides is 1. The van der Waals surface area contributed by atoms with Gasteiger partial charge in [-0.15, -0.1) is 0 Å². The Bertz CT molecular complexity index is 1140. The molecule has 0 radical (unpaired) electrons. The van der Waals surface area contributed by atoms with Gasteiger partial charge in [-0.1, -0.05) is 0 Å². The third-order valence-corrected chi connectivity index (χ3v) is 3.81. The van der Waals surface area contributed by atoms with Crippen molar-refractivity contribution in [2.75, 3.05) is 7.05 Å². The first kappa shape index (κ1) is 23.7. The maximum atomic E-state index is 14.3. The van der Waals surface area contributed by atoms with Gasteiger partial charge in [0.05, 0.1) is 5.56 Å². The van der Waals surface area contributed by atoms with E-state index >= 15 is 0 Å². The van der Waals surface area contributed by atoms with Crippen molar-refractivity contribution in [2.45, 2.75) is 12.7 Å². The number of hydrogen-bond acceptors (Lipinski definition) is 4. The first-order valence-electron chi connectivity index (χ1n) is 8.27. The maximum absolute atomic E-state index is 14.3. The van der Waals surface area contributed by atoms with Crippen LogP contribution in [0.4, 0.5) is 26.3 Å². The van der Waals surface area contributed by atoms with Crippen LogP contribution in [0.25, 0.3) is 16.6 Å². The number of carbonyl (C=O) groups excluding carboxylic acids is 1. The van der Waals surface area contributed by atoms with E-state index in [2.05, 4.69) is 10.4 Å². The molecule has 0 fully saturated rings. The lowest BCUT2D eigenvalue weighted by molar-refractivity contribution is -0.192. The number of rotatable bonds is 4. The number of halogens is 6. The number of benzene rings is 2. The molecule has 0 aliphatic heterocycles. The zero-order valence-electron chi connectivity index (χ0n) is 15.6. The van der Waals surface area contributed by atoms with E-state index in [4.69, 9.17) is 15.6 Å². The molecule has 2 aromatic carbocycles. The molecule has 1 heterocycles. The fraction of sp³-hybridized carbons (Fsp3) is 0.167. The van der Waals surface area contributed by atoms with E-state index in [0.29, 0.717) is 0 Å². The number of hydrogen-bond donors (Lipinski definition) is 3. The van der Waals surface area contributed by atoms with Crippen LogP contribution >= 0.6 is 0 Å². The molecule has 7 nitrogen and oxygen atoms in total. The Labute approximate surface area is 170 Å². The average molecular weight is 448 g/mol. The highest BCUT2D eigenvalue weighted by Gasteiger charge is 2.38. The van der Waals surface area contributed by atoms with Gasteiger partial charge in [-0.25, -0.2) is 22.6 Å². The Morgan fingerprint density at radius 3 is 2.26 bits per heavy atom. The van der Waals surface area contributed by atoms with Crippen molar-refractivity contribution in [3.63, 3.8) is 0 Å². The number of aromatic nitrogens is 2. The summed E-state index contributed by atoms with van der Waals surface area (Å²) in [6, 6.07) is 4.14. The molecule has 0 saturated heterocycles. The van der Waals surface area contributed by atoms with Gasteiger partial charge < -0.3 is 16.2 Å². The third-order valence-electron chi connectivity index (χ3n) is 3.81. The molecule has 0 aliphatic carbocycles. The number of carboxylic acids is 1. The molecule has 1 aromatic heterocycles. The molecule has 0 bridgehead atoms. The van der Waals surface area contributed by atoms with Crippen molar-refractivity contribution in [1.82, 2.24) is 15.1 Å². The predicted molar refractivity (Wildman–Crippen MR) is 95.9 cm³/mol. The standard InChI is InChI=1S/C16H13F3N4O.C2HF3O2/c1-21-6-8-3-13(19)14(5-12(8)18)23-7-9-2-10(17)4-11(16(20)24)15(9)22-23;3-2(4,5)1(6)7/h2-5,7,21H,6H2,1H3,(H2,20,24);(H,6,7). The summed E-state index contributed by atoms with van der Waals surface area (Å²) in [6.45, 7) is 0.168. The number of amides is 1. The quantitative estimate of drug-likeness (QED) is 0.532. The minimum Gasteiger partial charge on any atom is -0.475 e. The third kappa shape index (κ3) is 5.51. The molecule has 0 aliphatic rings. The SMILES string of the molecule is CNCc1cc(F)c(-n2cc3cc(F)cc(C(N)=O)c3n2)cc1F.O=C(O)C(F)(F)F. The van der Waals surface area contributed by atoms with Crippen LogP contribution in [0.5, 0.6) is 0 Å². The Morgan fingerprint density at radius 1 is 1.13 bits per heavy atom. The lowest BCUT2D eigenvalue weighted by atomic mass is 10.1. The molecule has 3 aromatic rings. The van der Waals surface area contributed by atoms with Crippen molar-refractivity contribution in [2.24, 2.45) is 5.73 Å². The van der Waals surface area contributed by atoms with E-state index in [1.165, 1.54) is 6.20 Å². The fourth-order valence-electron chi connectivity index (χ4n) is 2.49. The van der Waals surface area contributed by atoms with Crippen molar-refractivity contribution in [3.8, 4) is 5.69 Å². The van der Waals surface area contributed by atoms with E-state index < -0.39 is 35.5 Å². The number of aliphatic carboxylic acids is 1. The summed E-state index contributed by atoms with van der Waals surface area (Å²) in [7, 11) is 1.62. The van der Waals surface area contributed by atoms with E-state index in [0.717, 1.165) is 28.9 Å². The number of fused-ring (bicyclic) bond motifs is 1. The van der Waals surface area contributed by atoms with Crippen molar-refractivity contribution >= 4 is 22.8 Å². The second-order valence-electron chi connectivity index (χ2n) is 6.06. The normalized spacial score (nSPS) is 11.2. The summed E-state index contributed by atoms with van der Waals surface area (Å²) in [5, 5.41) is 14.2. The highest BCUT2D eigenvalue weighted by Crippen LogP contribution is 2.24. The number of carboxylic acid groups (broad SMARTS) is 1. The second kappa shape index (κ2) is 9.04. The molecule has 4 N–H and O–H groups in total. The molecule has 0 saturated carbocycles. The van der Waals surface area contributed by atoms with Gasteiger partial charge in [-0.05, 0) is 25.2 Å². The monoisotopic (exact) mass is 448 g/mol. The highest BCUT2D eigenvalue weighted by molar-refractivity contribution is 6.04. The zero-order chi connectivity index (χ0) is 23.5.